The number of phenolic OH excluding ortho intramolecular Hbond substituents is 1. The zero-order chi connectivity index (χ0) is 26.4. The molecule has 36 heavy (non-hydrogen) atoms. The van der Waals surface area contributed by atoms with Crippen LogP contribution in [-0.4, -0.2) is 20.6 Å². The van der Waals surface area contributed by atoms with Gasteiger partial charge in [-0.15, -0.1) is 0 Å². The van der Waals surface area contributed by atoms with E-state index in [1.165, 1.54) is 28.8 Å². The van der Waals surface area contributed by atoms with Crippen LogP contribution in [0, 0.1) is 13.8 Å². The highest BCUT2D eigenvalue weighted by molar-refractivity contribution is 6.37. The molecule has 4 aromatic rings. The van der Waals surface area contributed by atoms with Crippen LogP contribution in [0.5, 0.6) is 5.75 Å². The van der Waals surface area contributed by atoms with Crippen LogP contribution in [0.25, 0.3) is 10.9 Å². The highest BCUT2D eigenvalue weighted by Gasteiger charge is 2.27. The lowest BCUT2D eigenvalue weighted by molar-refractivity contribution is 0.0164. The summed E-state index contributed by atoms with van der Waals surface area (Å²) in [5.74, 6) is -3.73. The Labute approximate surface area is 215 Å². The Hall–Kier alpha value is -3.49. The monoisotopic (exact) mass is 531 g/mol. The van der Waals surface area contributed by atoms with E-state index in [1.807, 2.05) is 0 Å². The van der Waals surface area contributed by atoms with E-state index in [-0.39, 0.29) is 50.1 Å². The molecule has 186 valence electrons. The van der Waals surface area contributed by atoms with Crippen molar-refractivity contribution in [3.05, 3.63) is 97.0 Å². The summed E-state index contributed by atoms with van der Waals surface area (Å²) in [5.41, 5.74) is 0.928. The zero-order valence-electron chi connectivity index (χ0n) is 19.5. The molecule has 0 aliphatic heterocycles. The van der Waals surface area contributed by atoms with E-state index < -0.39 is 17.4 Å². The minimum Gasteiger partial charge on any atom is -0.505 e. The highest BCUT2D eigenvalue weighted by Crippen LogP contribution is 2.33. The van der Waals surface area contributed by atoms with Crippen LogP contribution in [-0.2, 0) is 12.5 Å². The third kappa shape index (κ3) is 4.79. The van der Waals surface area contributed by atoms with Gasteiger partial charge in [-0.3, -0.25) is 14.2 Å². The van der Waals surface area contributed by atoms with E-state index >= 15 is 0 Å². The molecule has 4 rings (SSSR count). The van der Waals surface area contributed by atoms with E-state index in [0.717, 1.165) is 6.92 Å². The van der Waals surface area contributed by atoms with Gasteiger partial charge in [0, 0.05) is 18.1 Å². The van der Waals surface area contributed by atoms with Crippen LogP contribution in [0.1, 0.15) is 39.8 Å². The molecule has 0 fully saturated rings. The van der Waals surface area contributed by atoms with Gasteiger partial charge in [-0.2, -0.15) is 0 Å². The molecule has 0 unspecified atom stereocenters. The van der Waals surface area contributed by atoms with Crippen molar-refractivity contribution in [2.45, 2.75) is 33.2 Å². The number of aromatic nitrogens is 2. The van der Waals surface area contributed by atoms with Gasteiger partial charge >= 0.3 is 0 Å². The number of aromatic hydroxyl groups is 1. The van der Waals surface area contributed by atoms with Crippen molar-refractivity contribution in [2.24, 2.45) is 0 Å². The number of nitrogens with one attached hydrogen (secondary N) is 1. The Bertz CT molecular complexity index is 1560. The smallest absolute Gasteiger partial charge is 0.270 e. The summed E-state index contributed by atoms with van der Waals surface area (Å²) >= 11 is 11.9. The molecule has 0 spiro atoms. The number of anilines is 1. The molecule has 1 heterocycles. The lowest BCUT2D eigenvalue weighted by Gasteiger charge is -2.19. The predicted molar refractivity (Wildman–Crippen MR) is 137 cm³/mol. The topological polar surface area (TPSA) is 84.2 Å². The van der Waals surface area contributed by atoms with E-state index in [4.69, 9.17) is 23.2 Å². The quantitative estimate of drug-likeness (QED) is 0.310. The van der Waals surface area contributed by atoms with Crippen molar-refractivity contribution in [3.63, 3.8) is 0 Å². The van der Waals surface area contributed by atoms with Crippen LogP contribution in [0.4, 0.5) is 14.5 Å². The summed E-state index contributed by atoms with van der Waals surface area (Å²) in [6.45, 7) is 4.08. The van der Waals surface area contributed by atoms with E-state index in [2.05, 4.69) is 10.3 Å². The van der Waals surface area contributed by atoms with Gasteiger partial charge in [0.2, 0.25) is 0 Å². The van der Waals surface area contributed by atoms with Crippen molar-refractivity contribution in [2.75, 3.05) is 5.32 Å². The molecule has 0 aliphatic rings. The maximum absolute atomic E-state index is 14.2. The number of phenols is 1. The Morgan fingerprint density at radius 2 is 1.75 bits per heavy atom. The number of benzene rings is 3. The first-order valence-corrected chi connectivity index (χ1v) is 11.6. The number of nitrogens with zero attached hydrogens (tertiary/aromatic N) is 2. The molecule has 6 nitrogen and oxygen atoms in total. The normalized spacial score (nSPS) is 11.6. The molecule has 0 saturated heterocycles. The van der Waals surface area contributed by atoms with Crippen molar-refractivity contribution < 1.29 is 18.7 Å². The highest BCUT2D eigenvalue weighted by atomic mass is 35.5. The van der Waals surface area contributed by atoms with Gasteiger partial charge in [-0.1, -0.05) is 53.5 Å². The van der Waals surface area contributed by atoms with Gasteiger partial charge in [0.1, 0.15) is 5.82 Å². The standard InChI is InChI=1S/C26H21Cl2F2N3O3/c1-13-8-9-20(32-24(35)16-10-18(27)23(34)19(28)11-16)21-22(13)31-14(2)33(25(21)36)12-15-6-4-5-7-17(15)26(3,29)30/h4-11,34H,12H2,1-3H3,(H,32,35). The maximum atomic E-state index is 14.2. The minimum absolute atomic E-state index is 0.0658. The number of aryl methyl sites for hydroxylation is 2. The number of amides is 1. The SMILES string of the molecule is Cc1ccc(NC(=O)c2cc(Cl)c(O)c(Cl)c2)c2c(=O)n(Cc3ccccc3C(C)(F)F)c(C)nc12. The van der Waals surface area contributed by atoms with Gasteiger partial charge in [-0.05, 0) is 43.2 Å². The molecule has 0 bridgehead atoms. The van der Waals surface area contributed by atoms with Gasteiger partial charge < -0.3 is 10.4 Å². The molecule has 0 atom stereocenters. The van der Waals surface area contributed by atoms with E-state index in [1.54, 1.807) is 38.1 Å². The average molecular weight is 532 g/mol. The summed E-state index contributed by atoms with van der Waals surface area (Å²) in [4.78, 5) is 31.2. The fourth-order valence-electron chi connectivity index (χ4n) is 4.00. The number of carbonyl (C=O) groups excluding carboxylic acids is 1. The lowest BCUT2D eigenvalue weighted by atomic mass is 10.0. The van der Waals surface area contributed by atoms with Crippen molar-refractivity contribution in [3.8, 4) is 5.75 Å². The zero-order valence-corrected chi connectivity index (χ0v) is 21.0. The summed E-state index contributed by atoms with van der Waals surface area (Å²) in [5, 5.41) is 12.4. The third-order valence-electron chi connectivity index (χ3n) is 5.85. The van der Waals surface area contributed by atoms with Crippen molar-refractivity contribution in [1.82, 2.24) is 9.55 Å². The van der Waals surface area contributed by atoms with Gasteiger partial charge in [-0.25, -0.2) is 13.8 Å². The maximum Gasteiger partial charge on any atom is 0.270 e. The minimum atomic E-state index is -3.10. The Kier molecular flexibility index (Phi) is 6.77. The fourth-order valence-corrected chi connectivity index (χ4v) is 4.49. The lowest BCUT2D eigenvalue weighted by Crippen LogP contribution is -2.27. The molecule has 3 aromatic carbocycles. The second-order valence-corrected chi connectivity index (χ2v) is 9.31. The third-order valence-corrected chi connectivity index (χ3v) is 6.43. The molecule has 2 N–H and O–H groups in total. The van der Waals surface area contributed by atoms with Crippen molar-refractivity contribution in [1.29, 1.82) is 0 Å². The predicted octanol–water partition coefficient (Wildman–Crippen LogP) is 6.44. The summed E-state index contributed by atoms with van der Waals surface area (Å²) in [6, 6.07) is 11.8. The molecule has 1 amide bonds. The Morgan fingerprint density at radius 3 is 2.39 bits per heavy atom. The van der Waals surface area contributed by atoms with Gasteiger partial charge in [0.05, 0.1) is 33.2 Å². The molecular formula is C26H21Cl2F2N3O3. The number of rotatable bonds is 5. The number of hydrogen-bond acceptors (Lipinski definition) is 4. The number of carbonyl (C=O) groups is 1. The second kappa shape index (κ2) is 9.52. The number of alkyl halides is 2. The first-order chi connectivity index (χ1) is 16.9. The van der Waals surface area contributed by atoms with E-state index in [0.29, 0.717) is 16.9 Å². The first-order valence-electron chi connectivity index (χ1n) is 10.8. The van der Waals surface area contributed by atoms with Crippen LogP contribution >= 0.6 is 23.2 Å². The molecule has 0 aliphatic carbocycles. The number of hydrogen-bond donors (Lipinski definition) is 2. The molecule has 1 aromatic heterocycles. The molecule has 0 saturated carbocycles. The summed E-state index contributed by atoms with van der Waals surface area (Å²) in [7, 11) is 0. The first kappa shape index (κ1) is 25.6. The molecular weight excluding hydrogens is 511 g/mol. The van der Waals surface area contributed by atoms with Crippen molar-refractivity contribution >= 4 is 45.7 Å². The Morgan fingerprint density at radius 1 is 1.11 bits per heavy atom. The second-order valence-electron chi connectivity index (χ2n) is 8.49. The van der Waals surface area contributed by atoms with Crippen LogP contribution < -0.4 is 10.9 Å². The number of halogens is 4. The average Bonchev–Trinajstić information content (AvgIpc) is 2.81. The largest absolute Gasteiger partial charge is 0.505 e. The van der Waals surface area contributed by atoms with Crippen LogP contribution in [0.15, 0.2) is 53.3 Å². The number of fused-ring (bicyclic) bond motifs is 1. The Balaban J connectivity index is 1.83. The van der Waals surface area contributed by atoms with Crippen LogP contribution in [0.3, 0.4) is 0 Å². The fraction of sp³-hybridized carbons (Fsp3) is 0.192. The van der Waals surface area contributed by atoms with Crippen LogP contribution in [0.2, 0.25) is 10.0 Å². The summed E-state index contributed by atoms with van der Waals surface area (Å²) in [6.07, 6.45) is 0. The molecule has 0 radical (unpaired) electrons. The molecule has 10 heteroatoms. The summed E-state index contributed by atoms with van der Waals surface area (Å²) < 4.78 is 29.7. The van der Waals surface area contributed by atoms with Gasteiger partial charge in [0.25, 0.3) is 17.4 Å². The van der Waals surface area contributed by atoms with Gasteiger partial charge in [0.15, 0.2) is 5.75 Å². The van der Waals surface area contributed by atoms with E-state index in [9.17, 15) is 23.5 Å².